The molecule has 1 saturated heterocycles. The molecule has 1 aliphatic rings. The zero-order chi connectivity index (χ0) is 18.5. The normalized spacial score (nSPS) is 16.5. The minimum atomic E-state index is -0.419. The fraction of sp³-hybridized carbons (Fsp3) is 0.350. The van der Waals surface area contributed by atoms with Crippen LogP contribution in [0.25, 0.3) is 0 Å². The molecule has 6 heteroatoms. The fourth-order valence-electron chi connectivity index (χ4n) is 2.88. The molecule has 2 amide bonds. The van der Waals surface area contributed by atoms with E-state index in [0.29, 0.717) is 24.5 Å². The van der Waals surface area contributed by atoms with Gasteiger partial charge in [-0.3, -0.25) is 14.6 Å². The smallest absolute Gasteiger partial charge is 0.248 e. The van der Waals surface area contributed by atoms with E-state index in [9.17, 15) is 9.59 Å². The molecule has 1 aliphatic heterocycles. The quantitative estimate of drug-likeness (QED) is 0.879. The molecule has 1 aromatic carbocycles. The average Bonchev–Trinajstić information content (AvgIpc) is 3.14. The lowest BCUT2D eigenvalue weighted by Gasteiger charge is -2.23. The van der Waals surface area contributed by atoms with Crippen molar-refractivity contribution in [2.45, 2.75) is 32.7 Å². The lowest BCUT2D eigenvalue weighted by Crippen LogP contribution is -2.44. The molecular weight excluding hydrogens is 346 g/mol. The van der Waals surface area contributed by atoms with Crippen molar-refractivity contribution in [3.8, 4) is 0 Å². The zero-order valence-corrected chi connectivity index (χ0v) is 15.9. The average molecular weight is 369 g/mol. The van der Waals surface area contributed by atoms with E-state index in [0.717, 1.165) is 16.9 Å². The summed E-state index contributed by atoms with van der Waals surface area (Å²) in [6, 6.07) is 11.1. The van der Waals surface area contributed by atoms with Crippen LogP contribution in [0.1, 0.15) is 23.2 Å². The summed E-state index contributed by atoms with van der Waals surface area (Å²) in [7, 11) is 0. The minimum Gasteiger partial charge on any atom is -0.324 e. The second-order valence-corrected chi connectivity index (χ2v) is 7.49. The summed E-state index contributed by atoms with van der Waals surface area (Å²) in [5.41, 5.74) is 3.98. The van der Waals surface area contributed by atoms with Crippen LogP contribution < -0.4 is 5.32 Å². The van der Waals surface area contributed by atoms with Crippen LogP contribution in [0, 0.1) is 13.8 Å². The van der Waals surface area contributed by atoms with Gasteiger partial charge in [0.2, 0.25) is 11.8 Å². The molecule has 136 valence electrons. The Kier molecular flexibility index (Phi) is 5.93. The van der Waals surface area contributed by atoms with Crippen LogP contribution >= 0.6 is 11.8 Å². The lowest BCUT2D eigenvalue weighted by molar-refractivity contribution is -0.136. The first-order valence-corrected chi connectivity index (χ1v) is 9.85. The molecule has 0 bridgehead atoms. The van der Waals surface area contributed by atoms with E-state index < -0.39 is 6.04 Å². The Bertz CT molecular complexity index is 795. The molecule has 3 rings (SSSR count). The molecule has 1 unspecified atom stereocenters. The first-order valence-electron chi connectivity index (χ1n) is 8.70. The summed E-state index contributed by atoms with van der Waals surface area (Å²) in [4.78, 5) is 31.2. The van der Waals surface area contributed by atoms with Crippen molar-refractivity contribution in [2.75, 3.05) is 16.9 Å². The predicted molar refractivity (Wildman–Crippen MR) is 105 cm³/mol. The number of aryl methyl sites for hydroxylation is 3. The Hall–Kier alpha value is -2.34. The number of pyridine rings is 1. The number of carbonyl (C=O) groups excluding carboxylic acids is 2. The third-order valence-electron chi connectivity index (χ3n) is 4.60. The van der Waals surface area contributed by atoms with Gasteiger partial charge in [0.25, 0.3) is 0 Å². The van der Waals surface area contributed by atoms with E-state index in [1.165, 1.54) is 5.56 Å². The van der Waals surface area contributed by atoms with Crippen molar-refractivity contribution in [3.05, 3.63) is 59.4 Å². The molecule has 1 N–H and O–H groups in total. The van der Waals surface area contributed by atoms with Gasteiger partial charge in [-0.1, -0.05) is 12.1 Å². The van der Waals surface area contributed by atoms with E-state index in [1.807, 2.05) is 50.2 Å². The Balaban J connectivity index is 1.60. The van der Waals surface area contributed by atoms with Gasteiger partial charge < -0.3 is 10.2 Å². The van der Waals surface area contributed by atoms with Gasteiger partial charge in [-0.15, -0.1) is 11.8 Å². The third-order valence-corrected chi connectivity index (χ3v) is 5.61. The number of thioether (sulfide) groups is 1. The van der Waals surface area contributed by atoms with Crippen LogP contribution in [-0.4, -0.2) is 39.4 Å². The van der Waals surface area contributed by atoms with Crippen LogP contribution in [0.2, 0.25) is 0 Å². The van der Waals surface area contributed by atoms with Gasteiger partial charge in [-0.2, -0.15) is 0 Å². The van der Waals surface area contributed by atoms with Gasteiger partial charge in [-0.05, 0) is 55.7 Å². The van der Waals surface area contributed by atoms with Gasteiger partial charge >= 0.3 is 0 Å². The molecule has 5 nitrogen and oxygen atoms in total. The molecule has 0 spiro atoms. The number of aromatic nitrogens is 1. The monoisotopic (exact) mass is 369 g/mol. The molecule has 0 radical (unpaired) electrons. The van der Waals surface area contributed by atoms with Crippen LogP contribution in [0.15, 0.2) is 42.6 Å². The standard InChI is InChI=1S/C20H23N3O2S/c1-14-6-7-17(11-15(14)2)22-20(25)18-12-26-13-23(18)19(24)9-8-16-5-3-4-10-21-16/h3-7,10-11,18H,8-9,12-13H2,1-2H3,(H,22,25). The molecule has 1 aromatic heterocycles. The van der Waals surface area contributed by atoms with Crippen LogP contribution in [0.5, 0.6) is 0 Å². The molecular formula is C20H23N3O2S. The Morgan fingerprint density at radius 1 is 1.23 bits per heavy atom. The topological polar surface area (TPSA) is 62.3 Å². The summed E-state index contributed by atoms with van der Waals surface area (Å²) >= 11 is 1.61. The van der Waals surface area contributed by atoms with Crippen molar-refractivity contribution in [3.63, 3.8) is 0 Å². The van der Waals surface area contributed by atoms with E-state index in [4.69, 9.17) is 0 Å². The highest BCUT2D eigenvalue weighted by atomic mass is 32.2. The SMILES string of the molecule is Cc1ccc(NC(=O)C2CSCN2C(=O)CCc2ccccn2)cc1C. The van der Waals surface area contributed by atoms with E-state index in [2.05, 4.69) is 10.3 Å². The Morgan fingerprint density at radius 3 is 2.81 bits per heavy atom. The number of amides is 2. The molecule has 1 atom stereocenters. The summed E-state index contributed by atoms with van der Waals surface area (Å²) in [5, 5.41) is 2.95. The fourth-order valence-corrected chi connectivity index (χ4v) is 4.06. The molecule has 26 heavy (non-hydrogen) atoms. The van der Waals surface area contributed by atoms with Crippen molar-refractivity contribution in [1.82, 2.24) is 9.88 Å². The van der Waals surface area contributed by atoms with Gasteiger partial charge in [0.15, 0.2) is 0 Å². The minimum absolute atomic E-state index is 0.000824. The first-order chi connectivity index (χ1) is 12.5. The maximum atomic E-state index is 12.7. The van der Waals surface area contributed by atoms with Crippen LogP contribution in [0.3, 0.4) is 0 Å². The maximum absolute atomic E-state index is 12.7. The van der Waals surface area contributed by atoms with Gasteiger partial charge in [0.05, 0.1) is 5.88 Å². The van der Waals surface area contributed by atoms with E-state index >= 15 is 0 Å². The van der Waals surface area contributed by atoms with Gasteiger partial charge in [-0.25, -0.2) is 0 Å². The molecule has 2 heterocycles. The summed E-state index contributed by atoms with van der Waals surface area (Å²) in [5.74, 6) is 1.07. The largest absolute Gasteiger partial charge is 0.324 e. The number of rotatable bonds is 5. The Labute approximate surface area is 158 Å². The molecule has 2 aromatic rings. The molecule has 0 saturated carbocycles. The second-order valence-electron chi connectivity index (χ2n) is 6.49. The first kappa shape index (κ1) is 18.5. The third kappa shape index (κ3) is 4.43. The van der Waals surface area contributed by atoms with Crippen molar-refractivity contribution < 1.29 is 9.59 Å². The highest BCUT2D eigenvalue weighted by molar-refractivity contribution is 7.99. The van der Waals surface area contributed by atoms with Gasteiger partial charge in [0, 0.05) is 29.8 Å². The van der Waals surface area contributed by atoms with Crippen LogP contribution in [-0.2, 0) is 16.0 Å². The number of nitrogens with zero attached hydrogens (tertiary/aromatic N) is 2. The zero-order valence-electron chi connectivity index (χ0n) is 15.1. The summed E-state index contributed by atoms with van der Waals surface area (Å²) in [6.45, 7) is 4.06. The maximum Gasteiger partial charge on any atom is 0.248 e. The number of anilines is 1. The van der Waals surface area contributed by atoms with E-state index in [-0.39, 0.29) is 11.8 Å². The Morgan fingerprint density at radius 2 is 2.08 bits per heavy atom. The van der Waals surface area contributed by atoms with Crippen LogP contribution in [0.4, 0.5) is 5.69 Å². The van der Waals surface area contributed by atoms with E-state index in [1.54, 1.807) is 22.9 Å². The lowest BCUT2D eigenvalue weighted by atomic mass is 10.1. The summed E-state index contributed by atoms with van der Waals surface area (Å²) in [6.07, 6.45) is 2.68. The number of benzene rings is 1. The van der Waals surface area contributed by atoms with Crippen molar-refractivity contribution in [2.24, 2.45) is 0 Å². The summed E-state index contributed by atoms with van der Waals surface area (Å²) < 4.78 is 0. The molecule has 0 aliphatic carbocycles. The number of hydrogen-bond acceptors (Lipinski definition) is 4. The van der Waals surface area contributed by atoms with Crippen molar-refractivity contribution in [1.29, 1.82) is 0 Å². The highest BCUT2D eigenvalue weighted by Gasteiger charge is 2.34. The number of nitrogens with one attached hydrogen (secondary N) is 1. The van der Waals surface area contributed by atoms with Crippen molar-refractivity contribution >= 4 is 29.3 Å². The second kappa shape index (κ2) is 8.36. The predicted octanol–water partition coefficient (Wildman–Crippen LogP) is 3.17. The van der Waals surface area contributed by atoms with Gasteiger partial charge in [0.1, 0.15) is 6.04 Å². The highest BCUT2D eigenvalue weighted by Crippen LogP contribution is 2.24. The number of hydrogen-bond donors (Lipinski definition) is 1. The number of carbonyl (C=O) groups is 2. The molecule has 1 fully saturated rings.